The highest BCUT2D eigenvalue weighted by atomic mass is 28.4. The summed E-state index contributed by atoms with van der Waals surface area (Å²) in [7, 11) is -2.24. The minimum Gasteiger partial charge on any atom is -0.406 e. The smallest absolute Gasteiger partial charge is 0.193 e. The van der Waals surface area contributed by atoms with Crippen molar-refractivity contribution in [2.45, 2.75) is 95.8 Å². The fraction of sp³-hybridized carbons (Fsp3) is 0.444. The van der Waals surface area contributed by atoms with Crippen molar-refractivity contribution >= 4 is 8.32 Å². The zero-order chi connectivity index (χ0) is 29.2. The van der Waals surface area contributed by atoms with E-state index in [1.807, 2.05) is 18.2 Å². The van der Waals surface area contributed by atoms with Gasteiger partial charge in [0.1, 0.15) is 17.8 Å². The van der Waals surface area contributed by atoms with Gasteiger partial charge in [0.2, 0.25) is 0 Å². The monoisotopic (exact) mass is 572 g/mol. The van der Waals surface area contributed by atoms with Gasteiger partial charge in [-0.1, -0.05) is 124 Å². The molecule has 0 aliphatic heterocycles. The Bertz CT molecular complexity index is 1190. The molecule has 0 aromatic heterocycles. The summed E-state index contributed by atoms with van der Waals surface area (Å²) < 4.78 is 27.6. The van der Waals surface area contributed by atoms with Crippen molar-refractivity contribution < 1.29 is 18.6 Å². The molecule has 4 rings (SSSR count). The molecule has 3 aromatic rings. The zero-order valence-corrected chi connectivity index (χ0v) is 26.6. The SMILES string of the molecule is CC(C)(C)[Si](C)(C)O[C@]1(COCc2ccccc2)CCC/C=C\[C@@H](OCc2ccccc2)[C@@H]1OCc1ccccc1. The Morgan fingerprint density at radius 2 is 1.24 bits per heavy atom. The molecule has 3 aromatic carbocycles. The van der Waals surface area contributed by atoms with Crippen LogP contribution in [0.1, 0.15) is 56.7 Å². The molecule has 0 radical (unpaired) electrons. The Balaban J connectivity index is 1.70. The second-order valence-electron chi connectivity index (χ2n) is 12.7. The van der Waals surface area contributed by atoms with E-state index in [1.165, 1.54) is 0 Å². The van der Waals surface area contributed by atoms with E-state index in [0.717, 1.165) is 36.0 Å². The highest BCUT2D eigenvalue weighted by Gasteiger charge is 2.51. The van der Waals surface area contributed by atoms with Gasteiger partial charge in [-0.15, -0.1) is 0 Å². The molecular formula is C36H48O4Si. The van der Waals surface area contributed by atoms with Crippen molar-refractivity contribution in [1.82, 2.24) is 0 Å². The Morgan fingerprint density at radius 1 is 0.732 bits per heavy atom. The van der Waals surface area contributed by atoms with E-state index in [0.29, 0.717) is 26.4 Å². The average Bonchev–Trinajstić information content (AvgIpc) is 2.95. The molecule has 3 atom stereocenters. The molecule has 0 bridgehead atoms. The van der Waals surface area contributed by atoms with Crippen LogP contribution >= 0.6 is 0 Å². The van der Waals surface area contributed by atoms with Crippen molar-refractivity contribution in [3.63, 3.8) is 0 Å². The van der Waals surface area contributed by atoms with Crippen molar-refractivity contribution in [1.29, 1.82) is 0 Å². The van der Waals surface area contributed by atoms with Gasteiger partial charge in [0, 0.05) is 0 Å². The van der Waals surface area contributed by atoms with E-state index < -0.39 is 13.9 Å². The molecule has 0 fully saturated rings. The maximum Gasteiger partial charge on any atom is 0.193 e. The molecule has 5 heteroatoms. The van der Waals surface area contributed by atoms with E-state index >= 15 is 0 Å². The third-order valence-corrected chi connectivity index (χ3v) is 12.9. The molecule has 0 amide bonds. The number of rotatable bonds is 12. The first-order valence-corrected chi connectivity index (χ1v) is 17.9. The van der Waals surface area contributed by atoms with Crippen LogP contribution in [-0.4, -0.2) is 32.7 Å². The lowest BCUT2D eigenvalue weighted by molar-refractivity contribution is -0.184. The molecule has 0 saturated heterocycles. The van der Waals surface area contributed by atoms with Crippen LogP contribution in [-0.2, 0) is 38.5 Å². The highest BCUT2D eigenvalue weighted by molar-refractivity contribution is 6.74. The summed E-state index contributed by atoms with van der Waals surface area (Å²) in [5.74, 6) is 0. The minimum atomic E-state index is -2.24. The van der Waals surface area contributed by atoms with Gasteiger partial charge in [-0.05, 0) is 54.1 Å². The molecule has 220 valence electrons. The second kappa shape index (κ2) is 14.6. The number of ether oxygens (including phenoxy) is 3. The Kier molecular flexibility index (Phi) is 11.2. The molecule has 1 aliphatic rings. The van der Waals surface area contributed by atoms with Crippen LogP contribution in [0, 0.1) is 0 Å². The van der Waals surface area contributed by atoms with Crippen LogP contribution in [0.5, 0.6) is 0 Å². The number of hydrogen-bond donors (Lipinski definition) is 0. The van der Waals surface area contributed by atoms with Crippen LogP contribution in [0.2, 0.25) is 18.1 Å². The van der Waals surface area contributed by atoms with Crippen LogP contribution in [0.15, 0.2) is 103 Å². The maximum atomic E-state index is 7.46. The summed E-state index contributed by atoms with van der Waals surface area (Å²) >= 11 is 0. The normalized spacial score (nSPS) is 22.6. The molecule has 0 N–H and O–H groups in total. The summed E-state index contributed by atoms with van der Waals surface area (Å²) in [5, 5.41) is 0.0298. The predicted octanol–water partition coefficient (Wildman–Crippen LogP) is 8.87. The quantitative estimate of drug-likeness (QED) is 0.160. The predicted molar refractivity (Wildman–Crippen MR) is 170 cm³/mol. The second-order valence-corrected chi connectivity index (χ2v) is 17.4. The summed E-state index contributed by atoms with van der Waals surface area (Å²) in [6, 6.07) is 31.1. The van der Waals surface area contributed by atoms with Gasteiger partial charge in [0.15, 0.2) is 8.32 Å². The van der Waals surface area contributed by atoms with Gasteiger partial charge in [-0.25, -0.2) is 0 Å². The highest BCUT2D eigenvalue weighted by Crippen LogP contribution is 2.43. The lowest BCUT2D eigenvalue weighted by Gasteiger charge is -2.50. The van der Waals surface area contributed by atoms with Gasteiger partial charge in [-0.3, -0.25) is 0 Å². The molecule has 0 saturated carbocycles. The van der Waals surface area contributed by atoms with Gasteiger partial charge < -0.3 is 18.6 Å². The maximum absolute atomic E-state index is 7.46. The standard InChI is InChI=1S/C36H48O4Si/c1-35(2,3)41(4,5)40-36(29-37-26-30-18-10-6-11-19-30)25-17-9-16-24-33(38-27-31-20-12-7-13-21-31)34(36)39-28-32-22-14-8-15-23-32/h6-8,10-16,18-24,33-34H,9,17,25-29H2,1-5H3/b24-16-/t33-,34+,36+/m1/s1. The molecule has 4 nitrogen and oxygen atoms in total. The fourth-order valence-electron chi connectivity index (χ4n) is 5.08. The first-order valence-electron chi connectivity index (χ1n) is 15.0. The molecule has 1 aliphatic carbocycles. The van der Waals surface area contributed by atoms with E-state index in [2.05, 4.69) is 119 Å². The Hall–Kier alpha value is -2.54. The first-order chi connectivity index (χ1) is 19.7. The minimum absolute atomic E-state index is 0.0298. The summed E-state index contributed by atoms with van der Waals surface area (Å²) in [6.45, 7) is 13.5. The molecule has 41 heavy (non-hydrogen) atoms. The van der Waals surface area contributed by atoms with E-state index in [-0.39, 0.29) is 17.2 Å². The number of allylic oxidation sites excluding steroid dienone is 1. The Labute approximate surface area is 248 Å². The van der Waals surface area contributed by atoms with Crippen LogP contribution in [0.3, 0.4) is 0 Å². The average molecular weight is 573 g/mol. The lowest BCUT2D eigenvalue weighted by atomic mass is 9.85. The van der Waals surface area contributed by atoms with Crippen molar-refractivity contribution in [3.05, 3.63) is 120 Å². The molecule has 0 heterocycles. The number of benzene rings is 3. The largest absolute Gasteiger partial charge is 0.406 e. The third-order valence-electron chi connectivity index (χ3n) is 8.39. The molecular weight excluding hydrogens is 524 g/mol. The Morgan fingerprint density at radius 3 is 1.78 bits per heavy atom. The van der Waals surface area contributed by atoms with Crippen molar-refractivity contribution in [2.75, 3.05) is 6.61 Å². The fourth-order valence-corrected chi connectivity index (χ4v) is 6.68. The summed E-state index contributed by atoms with van der Waals surface area (Å²) in [4.78, 5) is 0. The molecule has 0 spiro atoms. The lowest BCUT2D eigenvalue weighted by Crippen LogP contribution is -2.61. The zero-order valence-electron chi connectivity index (χ0n) is 25.6. The summed E-state index contributed by atoms with van der Waals surface area (Å²) in [5.41, 5.74) is 2.76. The van der Waals surface area contributed by atoms with Crippen molar-refractivity contribution in [3.8, 4) is 0 Å². The topological polar surface area (TPSA) is 36.9 Å². The van der Waals surface area contributed by atoms with E-state index in [4.69, 9.17) is 18.6 Å². The third kappa shape index (κ3) is 8.97. The molecule has 0 unspecified atom stereocenters. The van der Waals surface area contributed by atoms with Gasteiger partial charge in [0.25, 0.3) is 0 Å². The van der Waals surface area contributed by atoms with Gasteiger partial charge in [0.05, 0.1) is 26.4 Å². The van der Waals surface area contributed by atoms with Crippen LogP contribution in [0.25, 0.3) is 0 Å². The first kappa shape index (κ1) is 31.4. The van der Waals surface area contributed by atoms with Crippen LogP contribution in [0.4, 0.5) is 0 Å². The van der Waals surface area contributed by atoms with Gasteiger partial charge >= 0.3 is 0 Å². The van der Waals surface area contributed by atoms with Gasteiger partial charge in [-0.2, -0.15) is 0 Å². The van der Waals surface area contributed by atoms with Crippen LogP contribution < -0.4 is 0 Å². The number of hydrogen-bond acceptors (Lipinski definition) is 4. The van der Waals surface area contributed by atoms with Crippen molar-refractivity contribution in [2.24, 2.45) is 0 Å². The van der Waals surface area contributed by atoms with E-state index in [9.17, 15) is 0 Å². The van der Waals surface area contributed by atoms with E-state index in [1.54, 1.807) is 0 Å². The summed E-state index contributed by atoms with van der Waals surface area (Å²) in [6.07, 6.45) is 6.60.